The van der Waals surface area contributed by atoms with Crippen LogP contribution in [0.1, 0.15) is 50.1 Å². The van der Waals surface area contributed by atoms with Crippen LogP contribution in [0.25, 0.3) is 0 Å². The van der Waals surface area contributed by atoms with Gasteiger partial charge in [0.2, 0.25) is 0 Å². The summed E-state index contributed by atoms with van der Waals surface area (Å²) in [6.07, 6.45) is 8.23. The number of halogens is 2. The fourth-order valence-corrected chi connectivity index (χ4v) is 5.06. The van der Waals surface area contributed by atoms with Gasteiger partial charge in [-0.3, -0.25) is 4.90 Å². The Hall–Kier alpha value is -0.0900. The van der Waals surface area contributed by atoms with Gasteiger partial charge in [0.15, 0.2) is 0 Å². The van der Waals surface area contributed by atoms with E-state index in [0.717, 1.165) is 22.0 Å². The summed E-state index contributed by atoms with van der Waals surface area (Å²) in [6.45, 7) is 1.81. The van der Waals surface area contributed by atoms with Crippen molar-refractivity contribution in [2.24, 2.45) is 11.7 Å². The molecule has 1 saturated heterocycles. The molecule has 1 aromatic carbocycles. The first-order chi connectivity index (χ1) is 10.2. The first-order valence-electron chi connectivity index (χ1n) is 8.11. The van der Waals surface area contributed by atoms with Gasteiger partial charge in [-0.2, -0.15) is 0 Å². The molecule has 0 spiro atoms. The van der Waals surface area contributed by atoms with Crippen LogP contribution in [-0.2, 0) is 0 Å². The topological polar surface area (TPSA) is 29.3 Å². The van der Waals surface area contributed by atoms with Crippen molar-refractivity contribution in [1.82, 2.24) is 4.90 Å². The summed E-state index contributed by atoms with van der Waals surface area (Å²) in [7, 11) is 0. The Morgan fingerprint density at radius 1 is 1.24 bits per heavy atom. The lowest BCUT2D eigenvalue weighted by Gasteiger charge is -2.36. The van der Waals surface area contributed by atoms with E-state index in [4.69, 9.17) is 17.3 Å². The smallest absolute Gasteiger partial charge is 0.0488 e. The average Bonchev–Trinajstić information content (AvgIpc) is 3.12. The van der Waals surface area contributed by atoms with Crippen LogP contribution >= 0.6 is 27.5 Å². The number of nitrogens with zero attached hydrogens (tertiary/aromatic N) is 1. The van der Waals surface area contributed by atoms with Crippen molar-refractivity contribution >= 4 is 27.5 Å². The highest BCUT2D eigenvalue weighted by Gasteiger charge is 2.37. The summed E-state index contributed by atoms with van der Waals surface area (Å²) in [5.74, 6) is 0.871. The molecule has 1 aliphatic carbocycles. The largest absolute Gasteiger partial charge is 0.329 e. The van der Waals surface area contributed by atoms with Gasteiger partial charge in [0.1, 0.15) is 0 Å². The van der Waals surface area contributed by atoms with Gasteiger partial charge in [0.05, 0.1) is 0 Å². The molecule has 2 fully saturated rings. The van der Waals surface area contributed by atoms with E-state index in [-0.39, 0.29) is 6.04 Å². The third-order valence-electron chi connectivity index (χ3n) is 5.23. The molecule has 2 nitrogen and oxygen atoms in total. The Labute approximate surface area is 141 Å². The molecule has 116 valence electrons. The molecule has 21 heavy (non-hydrogen) atoms. The van der Waals surface area contributed by atoms with Crippen molar-refractivity contribution in [3.63, 3.8) is 0 Å². The SMILES string of the molecule is NCC(c1ccc(Br)cc1Cl)N1CCCC1C1CCCC1. The molecule has 3 rings (SSSR count). The molecule has 1 heterocycles. The molecule has 2 unspecified atom stereocenters. The molecular weight excluding hydrogens is 348 g/mol. The summed E-state index contributed by atoms with van der Waals surface area (Å²) < 4.78 is 1.03. The quantitative estimate of drug-likeness (QED) is 0.827. The highest BCUT2D eigenvalue weighted by atomic mass is 79.9. The van der Waals surface area contributed by atoms with Gasteiger partial charge in [-0.1, -0.05) is 46.4 Å². The number of nitrogens with two attached hydrogens (primary N) is 1. The lowest BCUT2D eigenvalue weighted by atomic mass is 9.94. The summed E-state index contributed by atoms with van der Waals surface area (Å²) in [5, 5.41) is 0.830. The molecule has 0 bridgehead atoms. The second kappa shape index (κ2) is 6.99. The lowest BCUT2D eigenvalue weighted by Crippen LogP contribution is -2.40. The van der Waals surface area contributed by atoms with Gasteiger partial charge >= 0.3 is 0 Å². The monoisotopic (exact) mass is 370 g/mol. The van der Waals surface area contributed by atoms with E-state index >= 15 is 0 Å². The Balaban J connectivity index is 1.84. The second-order valence-electron chi connectivity index (χ2n) is 6.41. The Kier molecular flexibility index (Phi) is 5.26. The number of likely N-dealkylation sites (tertiary alicyclic amines) is 1. The summed E-state index contributed by atoms with van der Waals surface area (Å²) >= 11 is 9.96. The van der Waals surface area contributed by atoms with Gasteiger partial charge in [-0.05, 0) is 55.8 Å². The summed E-state index contributed by atoms with van der Waals surface area (Å²) in [6, 6.07) is 7.16. The Morgan fingerprint density at radius 2 is 2.00 bits per heavy atom. The number of benzene rings is 1. The Bertz CT molecular complexity index is 488. The van der Waals surface area contributed by atoms with Crippen molar-refractivity contribution in [1.29, 1.82) is 0 Å². The van der Waals surface area contributed by atoms with Crippen LogP contribution in [0.15, 0.2) is 22.7 Å². The first-order valence-corrected chi connectivity index (χ1v) is 9.28. The minimum Gasteiger partial charge on any atom is -0.329 e. The number of rotatable bonds is 4. The van der Waals surface area contributed by atoms with Crippen LogP contribution in [-0.4, -0.2) is 24.0 Å². The van der Waals surface area contributed by atoms with Crippen LogP contribution in [0, 0.1) is 5.92 Å². The standard InChI is InChI=1S/C17H24BrClN2/c18-13-7-8-14(15(19)10-13)17(11-20)21-9-3-6-16(21)12-4-1-2-5-12/h7-8,10,12,16-17H,1-6,9,11,20H2. The maximum Gasteiger partial charge on any atom is 0.0488 e. The molecule has 2 aliphatic rings. The zero-order valence-electron chi connectivity index (χ0n) is 12.4. The highest BCUT2D eigenvalue weighted by Crippen LogP contribution is 2.40. The third-order valence-corrected chi connectivity index (χ3v) is 6.05. The molecular formula is C17H24BrClN2. The van der Waals surface area contributed by atoms with E-state index in [9.17, 15) is 0 Å². The minimum absolute atomic E-state index is 0.263. The fourth-order valence-electron chi connectivity index (χ4n) is 4.26. The molecule has 0 aromatic heterocycles. The molecule has 0 radical (unpaired) electrons. The third kappa shape index (κ3) is 3.31. The lowest BCUT2D eigenvalue weighted by molar-refractivity contribution is 0.138. The van der Waals surface area contributed by atoms with Crippen LogP contribution in [0.5, 0.6) is 0 Å². The van der Waals surface area contributed by atoms with Crippen molar-refractivity contribution in [2.75, 3.05) is 13.1 Å². The summed E-state index contributed by atoms with van der Waals surface area (Å²) in [5.41, 5.74) is 7.33. The molecule has 1 aromatic rings. The maximum atomic E-state index is 6.48. The minimum atomic E-state index is 0.263. The zero-order valence-corrected chi connectivity index (χ0v) is 14.7. The van der Waals surface area contributed by atoms with Crippen molar-refractivity contribution in [3.05, 3.63) is 33.3 Å². The Morgan fingerprint density at radius 3 is 2.67 bits per heavy atom. The highest BCUT2D eigenvalue weighted by molar-refractivity contribution is 9.10. The van der Waals surface area contributed by atoms with Gasteiger partial charge in [0.25, 0.3) is 0 Å². The predicted octanol–water partition coefficient (Wildman–Crippen LogP) is 4.76. The van der Waals surface area contributed by atoms with E-state index < -0.39 is 0 Å². The van der Waals surface area contributed by atoms with E-state index in [2.05, 4.69) is 33.0 Å². The molecule has 1 saturated carbocycles. The fraction of sp³-hybridized carbons (Fsp3) is 0.647. The van der Waals surface area contributed by atoms with Crippen LogP contribution in [0.4, 0.5) is 0 Å². The summed E-state index contributed by atoms with van der Waals surface area (Å²) in [4.78, 5) is 2.64. The van der Waals surface area contributed by atoms with E-state index in [1.54, 1.807) is 0 Å². The number of hydrogen-bond acceptors (Lipinski definition) is 2. The van der Waals surface area contributed by atoms with E-state index in [1.165, 1.54) is 44.1 Å². The van der Waals surface area contributed by atoms with Crippen LogP contribution in [0.2, 0.25) is 5.02 Å². The molecule has 4 heteroatoms. The zero-order chi connectivity index (χ0) is 14.8. The van der Waals surface area contributed by atoms with Crippen LogP contribution < -0.4 is 5.73 Å². The van der Waals surface area contributed by atoms with Gasteiger partial charge in [-0.25, -0.2) is 0 Å². The van der Waals surface area contributed by atoms with E-state index in [0.29, 0.717) is 12.6 Å². The van der Waals surface area contributed by atoms with Crippen molar-refractivity contribution in [2.45, 2.75) is 50.6 Å². The molecule has 2 atom stereocenters. The number of hydrogen-bond donors (Lipinski definition) is 1. The normalized spacial score (nSPS) is 25.6. The molecule has 1 aliphatic heterocycles. The maximum absolute atomic E-state index is 6.48. The van der Waals surface area contributed by atoms with Crippen molar-refractivity contribution in [3.8, 4) is 0 Å². The molecule has 0 amide bonds. The molecule has 2 N–H and O–H groups in total. The van der Waals surface area contributed by atoms with Gasteiger partial charge in [-0.15, -0.1) is 0 Å². The first kappa shape index (κ1) is 15.8. The van der Waals surface area contributed by atoms with E-state index in [1.807, 2.05) is 6.07 Å². The van der Waals surface area contributed by atoms with Gasteiger partial charge < -0.3 is 5.73 Å². The predicted molar refractivity (Wildman–Crippen MR) is 92.6 cm³/mol. The second-order valence-corrected chi connectivity index (χ2v) is 7.73. The average molecular weight is 372 g/mol. The van der Waals surface area contributed by atoms with Crippen molar-refractivity contribution < 1.29 is 0 Å². The van der Waals surface area contributed by atoms with Gasteiger partial charge in [0, 0.05) is 28.1 Å². The van der Waals surface area contributed by atoms with Crippen LogP contribution in [0.3, 0.4) is 0 Å².